The number of halogens is 2. The van der Waals surface area contributed by atoms with Gasteiger partial charge in [0.05, 0.1) is 0 Å². The van der Waals surface area contributed by atoms with Crippen molar-refractivity contribution >= 4 is 15.9 Å². The van der Waals surface area contributed by atoms with Crippen LogP contribution in [0.1, 0.15) is 25.7 Å². The first kappa shape index (κ1) is 12.8. The second-order valence-corrected chi connectivity index (χ2v) is 5.27. The Labute approximate surface area is 110 Å². The molecule has 1 saturated carbocycles. The first-order valence-corrected chi connectivity index (χ1v) is 6.86. The molecular formula is C13H17BrFNO. The third-order valence-electron chi connectivity index (χ3n) is 3.04. The van der Waals surface area contributed by atoms with Gasteiger partial charge in [-0.1, -0.05) is 28.8 Å². The van der Waals surface area contributed by atoms with Crippen molar-refractivity contribution in [3.63, 3.8) is 0 Å². The Morgan fingerprint density at radius 1 is 1.35 bits per heavy atom. The fraction of sp³-hybridized carbons (Fsp3) is 0.538. The fourth-order valence-corrected chi connectivity index (χ4v) is 2.48. The van der Waals surface area contributed by atoms with E-state index in [9.17, 15) is 4.39 Å². The van der Waals surface area contributed by atoms with E-state index in [4.69, 9.17) is 4.74 Å². The summed E-state index contributed by atoms with van der Waals surface area (Å²) < 4.78 is 19.5. The van der Waals surface area contributed by atoms with Crippen molar-refractivity contribution in [3.05, 3.63) is 28.5 Å². The molecule has 17 heavy (non-hydrogen) atoms. The summed E-state index contributed by atoms with van der Waals surface area (Å²) in [5.74, 6) is 0.00154. The van der Waals surface area contributed by atoms with Gasteiger partial charge in [-0.3, -0.25) is 0 Å². The Morgan fingerprint density at radius 2 is 2.12 bits per heavy atom. The van der Waals surface area contributed by atoms with E-state index in [0.717, 1.165) is 11.0 Å². The van der Waals surface area contributed by atoms with Crippen LogP contribution in [0.5, 0.6) is 5.75 Å². The van der Waals surface area contributed by atoms with Gasteiger partial charge in [-0.15, -0.1) is 0 Å². The van der Waals surface area contributed by atoms with Crippen molar-refractivity contribution in [2.75, 3.05) is 13.2 Å². The topological polar surface area (TPSA) is 21.3 Å². The van der Waals surface area contributed by atoms with Crippen LogP contribution in [0.15, 0.2) is 22.7 Å². The Balaban J connectivity index is 1.70. The van der Waals surface area contributed by atoms with Gasteiger partial charge < -0.3 is 10.1 Å². The molecule has 1 aliphatic carbocycles. The number of rotatable bonds is 5. The van der Waals surface area contributed by atoms with Gasteiger partial charge in [0.25, 0.3) is 0 Å². The number of benzene rings is 1. The molecule has 1 aliphatic rings. The third-order valence-corrected chi connectivity index (χ3v) is 3.53. The Hall–Kier alpha value is -0.610. The summed E-state index contributed by atoms with van der Waals surface area (Å²) in [5, 5.41) is 3.43. The van der Waals surface area contributed by atoms with Crippen LogP contribution in [0.2, 0.25) is 0 Å². The SMILES string of the molecule is Fc1cc(Br)ccc1OCCNC1CCCC1. The highest BCUT2D eigenvalue weighted by atomic mass is 79.9. The average molecular weight is 302 g/mol. The Kier molecular flexibility index (Phi) is 4.80. The maximum Gasteiger partial charge on any atom is 0.166 e. The third kappa shape index (κ3) is 3.96. The van der Waals surface area contributed by atoms with E-state index >= 15 is 0 Å². The smallest absolute Gasteiger partial charge is 0.166 e. The zero-order valence-electron chi connectivity index (χ0n) is 9.72. The Morgan fingerprint density at radius 3 is 2.82 bits per heavy atom. The molecule has 1 aromatic rings. The zero-order valence-corrected chi connectivity index (χ0v) is 11.3. The van der Waals surface area contributed by atoms with Crippen LogP contribution < -0.4 is 10.1 Å². The molecule has 4 heteroatoms. The Bertz CT molecular complexity index is 366. The number of hydrogen-bond acceptors (Lipinski definition) is 2. The summed E-state index contributed by atoms with van der Waals surface area (Å²) >= 11 is 3.21. The molecule has 0 heterocycles. The molecule has 94 valence electrons. The molecule has 0 radical (unpaired) electrons. The molecule has 0 spiro atoms. The molecule has 1 aromatic carbocycles. The molecule has 1 N–H and O–H groups in total. The maximum atomic E-state index is 13.4. The predicted octanol–water partition coefficient (Wildman–Crippen LogP) is 3.50. The van der Waals surface area contributed by atoms with Crippen LogP contribution in [0, 0.1) is 5.82 Å². The monoisotopic (exact) mass is 301 g/mol. The van der Waals surface area contributed by atoms with Crippen molar-refractivity contribution in [2.45, 2.75) is 31.7 Å². The van der Waals surface area contributed by atoms with Gasteiger partial charge in [0, 0.05) is 17.1 Å². The van der Waals surface area contributed by atoms with Gasteiger partial charge in [0.2, 0.25) is 0 Å². The number of ether oxygens (including phenoxy) is 1. The molecule has 0 saturated heterocycles. The largest absolute Gasteiger partial charge is 0.489 e. The van der Waals surface area contributed by atoms with Gasteiger partial charge >= 0.3 is 0 Å². The van der Waals surface area contributed by atoms with Crippen molar-refractivity contribution < 1.29 is 9.13 Å². The van der Waals surface area contributed by atoms with E-state index in [1.54, 1.807) is 12.1 Å². The lowest BCUT2D eigenvalue weighted by molar-refractivity contribution is 0.291. The van der Waals surface area contributed by atoms with Crippen LogP contribution in [-0.2, 0) is 0 Å². The second kappa shape index (κ2) is 6.36. The molecule has 0 aliphatic heterocycles. The van der Waals surface area contributed by atoms with Crippen molar-refractivity contribution in [2.24, 2.45) is 0 Å². The predicted molar refractivity (Wildman–Crippen MR) is 69.9 cm³/mol. The molecule has 0 aromatic heterocycles. The van der Waals surface area contributed by atoms with Crippen LogP contribution in [0.4, 0.5) is 4.39 Å². The van der Waals surface area contributed by atoms with Gasteiger partial charge in [-0.25, -0.2) is 4.39 Å². The number of nitrogens with one attached hydrogen (secondary N) is 1. The molecule has 0 unspecified atom stereocenters. The van der Waals surface area contributed by atoms with Crippen molar-refractivity contribution in [1.82, 2.24) is 5.32 Å². The lowest BCUT2D eigenvalue weighted by Gasteiger charge is -2.12. The van der Waals surface area contributed by atoms with Gasteiger partial charge in [0.15, 0.2) is 11.6 Å². The van der Waals surface area contributed by atoms with E-state index in [1.807, 2.05) is 0 Å². The quantitative estimate of drug-likeness (QED) is 0.841. The lowest BCUT2D eigenvalue weighted by atomic mass is 10.2. The van der Waals surface area contributed by atoms with Gasteiger partial charge in [0.1, 0.15) is 6.61 Å². The highest BCUT2D eigenvalue weighted by Gasteiger charge is 2.13. The van der Waals surface area contributed by atoms with E-state index < -0.39 is 0 Å². The van der Waals surface area contributed by atoms with E-state index in [-0.39, 0.29) is 5.82 Å². The summed E-state index contributed by atoms with van der Waals surface area (Å²) in [5.41, 5.74) is 0. The van der Waals surface area contributed by atoms with E-state index in [1.165, 1.54) is 31.7 Å². The van der Waals surface area contributed by atoms with Crippen LogP contribution in [-0.4, -0.2) is 19.2 Å². The van der Waals surface area contributed by atoms with Crippen LogP contribution in [0.25, 0.3) is 0 Å². The molecule has 1 fully saturated rings. The summed E-state index contributed by atoms with van der Waals surface area (Å²) in [4.78, 5) is 0. The zero-order chi connectivity index (χ0) is 12.1. The molecule has 2 rings (SSSR count). The van der Waals surface area contributed by atoms with E-state index in [2.05, 4.69) is 21.2 Å². The van der Waals surface area contributed by atoms with Gasteiger partial charge in [-0.2, -0.15) is 0 Å². The highest BCUT2D eigenvalue weighted by Crippen LogP contribution is 2.21. The molecule has 0 amide bonds. The minimum Gasteiger partial charge on any atom is -0.489 e. The fourth-order valence-electron chi connectivity index (χ4n) is 2.15. The second-order valence-electron chi connectivity index (χ2n) is 4.36. The molecular weight excluding hydrogens is 285 g/mol. The maximum absolute atomic E-state index is 13.4. The molecule has 0 atom stereocenters. The van der Waals surface area contributed by atoms with E-state index in [0.29, 0.717) is 18.4 Å². The van der Waals surface area contributed by atoms with Crippen molar-refractivity contribution in [3.8, 4) is 5.75 Å². The number of hydrogen-bond donors (Lipinski definition) is 1. The molecule has 0 bridgehead atoms. The molecule has 2 nitrogen and oxygen atoms in total. The standard InChI is InChI=1S/C13H17BrFNO/c14-10-5-6-13(12(15)9-10)17-8-7-16-11-3-1-2-4-11/h5-6,9,11,16H,1-4,7-8H2. The summed E-state index contributed by atoms with van der Waals surface area (Å²) in [6.45, 7) is 1.29. The van der Waals surface area contributed by atoms with Gasteiger partial charge in [-0.05, 0) is 31.0 Å². The summed E-state index contributed by atoms with van der Waals surface area (Å²) in [6.07, 6.45) is 5.15. The minimum absolute atomic E-state index is 0.319. The minimum atomic E-state index is -0.319. The van der Waals surface area contributed by atoms with Crippen molar-refractivity contribution in [1.29, 1.82) is 0 Å². The highest BCUT2D eigenvalue weighted by molar-refractivity contribution is 9.10. The summed E-state index contributed by atoms with van der Waals surface area (Å²) in [7, 11) is 0. The summed E-state index contributed by atoms with van der Waals surface area (Å²) in [6, 6.07) is 5.48. The first-order chi connectivity index (χ1) is 8.25. The normalized spacial score (nSPS) is 16.4. The van der Waals surface area contributed by atoms with Crippen LogP contribution >= 0.6 is 15.9 Å². The lowest BCUT2D eigenvalue weighted by Crippen LogP contribution is -2.30. The average Bonchev–Trinajstić information content (AvgIpc) is 2.79. The first-order valence-electron chi connectivity index (χ1n) is 6.07. The van der Waals surface area contributed by atoms with Crippen LogP contribution in [0.3, 0.4) is 0 Å².